The second-order valence-corrected chi connectivity index (χ2v) is 15.4. The number of hydrogen-bond donors (Lipinski definition) is 1. The molecule has 0 saturated heterocycles. The second-order valence-electron chi connectivity index (χ2n) is 15.4. The van der Waals surface area contributed by atoms with Gasteiger partial charge in [-0.25, -0.2) is 0 Å². The van der Waals surface area contributed by atoms with Gasteiger partial charge in [0.25, 0.3) is 0 Å². The highest BCUT2D eigenvalue weighted by Crippen LogP contribution is 2.75. The van der Waals surface area contributed by atoms with Gasteiger partial charge >= 0.3 is 0 Å². The summed E-state index contributed by atoms with van der Waals surface area (Å²) in [6, 6.07) is 0. The van der Waals surface area contributed by atoms with E-state index in [9.17, 15) is 14.7 Å². The fraction of sp³-hybridized carbons (Fsp3) is 0.879. The number of Topliss-reactive ketones (excluding diaryl/α,β-unsaturated/α-hetero) is 1. The summed E-state index contributed by atoms with van der Waals surface area (Å²) in [5, 5.41) is 10.9. The van der Waals surface area contributed by atoms with Gasteiger partial charge in [-0.15, -0.1) is 0 Å². The van der Waals surface area contributed by atoms with Crippen molar-refractivity contribution in [3.8, 4) is 0 Å². The molecule has 1 N–H and O–H groups in total. The summed E-state index contributed by atoms with van der Waals surface area (Å²) in [6.45, 7) is 18.4. The molecule has 209 valence electrons. The van der Waals surface area contributed by atoms with E-state index in [4.69, 9.17) is 0 Å². The average Bonchev–Trinajstić information content (AvgIpc) is 2.78. The van der Waals surface area contributed by atoms with E-state index in [1.807, 2.05) is 6.92 Å². The molecule has 0 amide bonds. The predicted molar refractivity (Wildman–Crippen MR) is 155 cm³/mol. The van der Waals surface area contributed by atoms with Gasteiger partial charge in [0.15, 0.2) is 5.78 Å². The Bertz CT molecular complexity index is 991. The predicted octanol–water partition coefficient (Wildman–Crippen LogP) is 7.81. The van der Waals surface area contributed by atoms with Crippen LogP contribution in [-0.4, -0.2) is 31.2 Å². The van der Waals surface area contributed by atoms with Crippen LogP contribution in [-0.2, 0) is 9.59 Å². The number of hydrogen-bond acceptors (Lipinski definition) is 3. The van der Waals surface area contributed by atoms with Crippen LogP contribution in [0.3, 0.4) is 0 Å². The first-order chi connectivity index (χ1) is 16.1. The van der Waals surface area contributed by atoms with Crippen molar-refractivity contribution < 1.29 is 16.1 Å². The monoisotopic (exact) mass is 512 g/mol. The number of aliphatic hydroxyl groups is 1. The van der Waals surface area contributed by atoms with E-state index in [-0.39, 0.29) is 61.8 Å². The largest absolute Gasteiger partial charge is 0.393 e. The summed E-state index contributed by atoms with van der Waals surface area (Å²) >= 11 is 0. The van der Waals surface area contributed by atoms with Crippen LogP contribution in [0.25, 0.3) is 0 Å². The van der Waals surface area contributed by atoms with Gasteiger partial charge in [0.05, 0.1) is 6.10 Å². The molecule has 0 aromatic carbocycles. The maximum atomic E-state index is 14.3. The van der Waals surface area contributed by atoms with Crippen molar-refractivity contribution in [2.45, 2.75) is 133 Å². The lowest BCUT2D eigenvalue weighted by molar-refractivity contribution is -0.202. The Kier molecular flexibility index (Phi) is 7.51. The third kappa shape index (κ3) is 3.76. The van der Waals surface area contributed by atoms with Crippen LogP contribution in [0.5, 0.6) is 0 Å². The average molecular weight is 513 g/mol. The number of ketones is 2. The maximum absolute atomic E-state index is 14.3. The number of fused-ring (bicyclic) bond motifs is 7. The van der Waals surface area contributed by atoms with Gasteiger partial charge in [-0.1, -0.05) is 68.4 Å². The Morgan fingerprint density at radius 2 is 1.59 bits per heavy atom. The Morgan fingerprint density at radius 3 is 2.22 bits per heavy atom. The molecule has 0 unspecified atom stereocenters. The first-order valence-corrected chi connectivity index (χ1v) is 14.6. The smallest absolute Gasteiger partial charge is 0.159 e. The maximum Gasteiger partial charge on any atom is 0.159 e. The molecule has 9 atom stereocenters. The summed E-state index contributed by atoms with van der Waals surface area (Å²) in [5.74, 6) is 1.46. The van der Waals surface area contributed by atoms with Crippen molar-refractivity contribution in [3.63, 3.8) is 0 Å². The van der Waals surface area contributed by atoms with Crippen LogP contribution >= 0.6 is 0 Å². The van der Waals surface area contributed by atoms with Crippen molar-refractivity contribution in [3.05, 3.63) is 11.6 Å². The molecule has 0 bridgehead atoms. The van der Waals surface area contributed by atoms with Crippen molar-refractivity contribution in [2.75, 3.05) is 0 Å². The van der Waals surface area contributed by atoms with E-state index in [0.717, 1.165) is 51.4 Å². The Hall–Kier alpha value is -0.895. The fourth-order valence-corrected chi connectivity index (χ4v) is 10.8. The standard InChI is InChI=1S/C32H50O3.CH4.B.H2/c1-9-24(34)29(5)15-14-28(4)16-17-31(7)20(21(28)19-29)18-22(33)26-30(6)12-11-25(35)27(2,3)23(30)10-13-32(26,31)8;;;/h18,21,23,25-26,35H,9-17,19H2,1-8H3;1H4;;1H/t21-,23+,25+,26-,28-,29+,30+,31-,32-;;;/m1.../s1/i;;;1+1. The quantitative estimate of drug-likeness (QED) is 0.384. The minimum atomic E-state index is -0.281. The summed E-state index contributed by atoms with van der Waals surface area (Å²) in [6.07, 6.45) is 11.7. The van der Waals surface area contributed by atoms with Crippen LogP contribution in [0.15, 0.2) is 11.6 Å². The SMILES string of the molecule is C.CCC(=O)[C@@]1(C)CC[C@]2(C)CC[C@]3(C)C(=CC(=O)[C@@H]4[C@@]5(C)CC[C@H](O)C(C)(C)[C@@H]5CC[C@]43C)[C@H]2C1.[2HH].[B]. The molecule has 5 rings (SSSR count). The van der Waals surface area contributed by atoms with Gasteiger partial charge in [-0.3, -0.25) is 9.59 Å². The third-order valence-corrected chi connectivity index (χ3v) is 13.5. The van der Waals surface area contributed by atoms with Gasteiger partial charge in [0.1, 0.15) is 5.78 Å². The van der Waals surface area contributed by atoms with E-state index in [0.29, 0.717) is 29.8 Å². The topological polar surface area (TPSA) is 54.4 Å². The summed E-state index contributed by atoms with van der Waals surface area (Å²) in [4.78, 5) is 27.4. The minimum absolute atomic E-state index is 0. The highest BCUT2D eigenvalue weighted by molar-refractivity contribution is 5.95. The molecule has 0 aliphatic heterocycles. The second kappa shape index (κ2) is 9.07. The highest BCUT2D eigenvalue weighted by atomic mass is 16.3. The molecule has 5 aliphatic rings. The van der Waals surface area contributed by atoms with E-state index in [1.165, 1.54) is 12.0 Å². The number of allylic oxidation sites excluding steroid dienone is 2. The van der Waals surface area contributed by atoms with Crippen LogP contribution in [0.2, 0.25) is 0 Å². The normalized spacial score (nSPS) is 50.1. The number of carbonyl (C=O) groups excluding carboxylic acids is 2. The summed E-state index contributed by atoms with van der Waals surface area (Å²) in [7, 11) is 0. The van der Waals surface area contributed by atoms with Crippen LogP contribution in [0.4, 0.5) is 0 Å². The Balaban J connectivity index is 0.00000169. The molecular weight excluding hydrogens is 455 g/mol. The molecule has 4 fully saturated rings. The van der Waals surface area contributed by atoms with Gasteiger partial charge in [-0.05, 0) is 103 Å². The van der Waals surface area contributed by atoms with Gasteiger partial charge in [0.2, 0.25) is 0 Å². The Labute approximate surface area is 231 Å². The fourth-order valence-electron chi connectivity index (χ4n) is 10.8. The van der Waals surface area contributed by atoms with Gasteiger partial charge in [-0.2, -0.15) is 0 Å². The molecular formula is C33H56BO3. The number of aliphatic hydroxyl groups excluding tert-OH is 1. The molecule has 4 heteroatoms. The minimum Gasteiger partial charge on any atom is -0.393 e. The zero-order chi connectivity index (χ0) is 25.8. The molecule has 37 heavy (non-hydrogen) atoms. The van der Waals surface area contributed by atoms with Crippen LogP contribution in [0, 0.1) is 50.2 Å². The first-order valence-electron chi connectivity index (χ1n) is 14.6. The van der Waals surface area contributed by atoms with Crippen molar-refractivity contribution in [2.24, 2.45) is 50.2 Å². The summed E-state index contributed by atoms with van der Waals surface area (Å²) in [5.41, 5.74) is 1.03. The molecule has 0 aromatic rings. The molecule has 0 spiro atoms. The van der Waals surface area contributed by atoms with Gasteiger partial charge in [0, 0.05) is 27.6 Å². The molecule has 0 aromatic heterocycles. The molecule has 3 nitrogen and oxygen atoms in total. The van der Waals surface area contributed by atoms with Crippen molar-refractivity contribution in [1.82, 2.24) is 0 Å². The van der Waals surface area contributed by atoms with E-state index < -0.39 is 0 Å². The molecule has 4 saturated carbocycles. The van der Waals surface area contributed by atoms with E-state index in [2.05, 4.69) is 54.5 Å². The Morgan fingerprint density at radius 1 is 0.973 bits per heavy atom. The third-order valence-electron chi connectivity index (χ3n) is 13.5. The molecule has 5 aliphatic carbocycles. The highest BCUT2D eigenvalue weighted by Gasteiger charge is 2.70. The number of carbonyl (C=O) groups is 2. The van der Waals surface area contributed by atoms with Crippen molar-refractivity contribution in [1.29, 1.82) is 0 Å². The molecule has 3 radical (unpaired) electrons. The van der Waals surface area contributed by atoms with Gasteiger partial charge < -0.3 is 5.11 Å². The first kappa shape index (κ1) is 30.6. The lowest BCUT2D eigenvalue weighted by Crippen LogP contribution is -2.66. The van der Waals surface area contributed by atoms with E-state index in [1.54, 1.807) is 0 Å². The van der Waals surface area contributed by atoms with E-state index >= 15 is 0 Å². The van der Waals surface area contributed by atoms with Crippen LogP contribution < -0.4 is 0 Å². The van der Waals surface area contributed by atoms with Crippen LogP contribution in [0.1, 0.15) is 128 Å². The number of rotatable bonds is 2. The van der Waals surface area contributed by atoms with Crippen molar-refractivity contribution >= 4 is 20.0 Å². The molecule has 0 heterocycles. The zero-order valence-corrected chi connectivity index (χ0v) is 24.3. The lowest BCUT2D eigenvalue weighted by atomic mass is 9.33. The lowest BCUT2D eigenvalue weighted by Gasteiger charge is -2.70. The zero-order valence-electron chi connectivity index (χ0n) is 24.3. The summed E-state index contributed by atoms with van der Waals surface area (Å²) < 4.78 is 0.